The second-order valence-corrected chi connectivity index (χ2v) is 4.04. The molecule has 1 saturated heterocycles. The van der Waals surface area contributed by atoms with E-state index in [4.69, 9.17) is 9.47 Å². The molecule has 78 valence electrons. The van der Waals surface area contributed by atoms with Crippen LogP contribution >= 0.6 is 0 Å². The molecule has 14 heavy (non-hydrogen) atoms. The van der Waals surface area contributed by atoms with Gasteiger partial charge in [0.1, 0.15) is 6.10 Å². The first-order valence-corrected chi connectivity index (χ1v) is 4.99. The number of rotatable bonds is 2. The lowest BCUT2D eigenvalue weighted by molar-refractivity contribution is -0.143. The lowest BCUT2D eigenvalue weighted by atomic mass is 9.94. The Morgan fingerprint density at radius 2 is 2.36 bits per heavy atom. The van der Waals surface area contributed by atoms with Crippen LogP contribution in [0.5, 0.6) is 0 Å². The van der Waals surface area contributed by atoms with Gasteiger partial charge in [-0.15, -0.1) is 0 Å². The fourth-order valence-corrected chi connectivity index (χ4v) is 2.40. The average molecular weight is 198 g/mol. The number of hydrogen-bond acceptors (Lipinski definition) is 4. The van der Waals surface area contributed by atoms with Gasteiger partial charge in [0.2, 0.25) is 0 Å². The predicted octanol–water partition coefficient (Wildman–Crippen LogP) is 0.891. The fraction of sp³-hybridized carbons (Fsp3) is 0.800. The number of carbonyl (C=O) groups excluding carboxylic acids is 2. The molecule has 2 fully saturated rings. The number of ether oxygens (including phenoxy) is 2. The predicted molar refractivity (Wildman–Crippen MR) is 47.3 cm³/mol. The average Bonchev–Trinajstić information content (AvgIpc) is 2.60. The van der Waals surface area contributed by atoms with Gasteiger partial charge in [-0.2, -0.15) is 0 Å². The molecule has 4 heteroatoms. The Balaban J connectivity index is 1.89. The minimum atomic E-state index is -0.251. The maximum Gasteiger partial charge on any atom is 0.306 e. The smallest absolute Gasteiger partial charge is 0.306 e. The van der Waals surface area contributed by atoms with Gasteiger partial charge in [-0.05, 0) is 12.8 Å². The summed E-state index contributed by atoms with van der Waals surface area (Å²) >= 11 is 0. The Morgan fingerprint density at radius 3 is 3.07 bits per heavy atom. The van der Waals surface area contributed by atoms with Crippen LogP contribution in [0.2, 0.25) is 0 Å². The summed E-state index contributed by atoms with van der Waals surface area (Å²) < 4.78 is 10.1. The van der Waals surface area contributed by atoms with E-state index in [9.17, 15) is 9.59 Å². The third kappa shape index (κ3) is 1.74. The van der Waals surface area contributed by atoms with Crippen LogP contribution in [-0.4, -0.2) is 24.6 Å². The van der Waals surface area contributed by atoms with Crippen LogP contribution in [-0.2, 0) is 19.1 Å². The third-order valence-electron chi connectivity index (χ3n) is 3.09. The van der Waals surface area contributed by atoms with Crippen molar-refractivity contribution in [2.24, 2.45) is 11.8 Å². The van der Waals surface area contributed by atoms with Crippen LogP contribution in [0.1, 0.15) is 26.2 Å². The second-order valence-electron chi connectivity index (χ2n) is 4.04. The van der Waals surface area contributed by atoms with Crippen LogP contribution in [0.25, 0.3) is 0 Å². The molecule has 0 spiro atoms. The monoisotopic (exact) mass is 198 g/mol. The Morgan fingerprint density at radius 1 is 1.57 bits per heavy atom. The van der Waals surface area contributed by atoms with Gasteiger partial charge in [-0.3, -0.25) is 9.59 Å². The molecule has 1 aliphatic heterocycles. The first kappa shape index (κ1) is 9.49. The maximum absolute atomic E-state index is 11.0. The summed E-state index contributed by atoms with van der Waals surface area (Å²) in [5.41, 5.74) is 0. The first-order valence-electron chi connectivity index (χ1n) is 4.99. The highest BCUT2D eigenvalue weighted by Crippen LogP contribution is 2.41. The summed E-state index contributed by atoms with van der Waals surface area (Å²) in [6, 6.07) is 0. The van der Waals surface area contributed by atoms with E-state index < -0.39 is 0 Å². The molecule has 0 aromatic rings. The van der Waals surface area contributed by atoms with Gasteiger partial charge < -0.3 is 9.47 Å². The molecule has 0 amide bonds. The van der Waals surface area contributed by atoms with Crippen LogP contribution in [0.4, 0.5) is 0 Å². The van der Waals surface area contributed by atoms with E-state index in [0.29, 0.717) is 18.9 Å². The number of esters is 2. The van der Waals surface area contributed by atoms with Crippen molar-refractivity contribution < 1.29 is 19.1 Å². The van der Waals surface area contributed by atoms with Crippen molar-refractivity contribution in [3.05, 3.63) is 0 Å². The standard InChI is InChI=1S/C10H14O4/c1-6(11)13-5-7-2-3-9-8(7)4-10(12)14-9/h7-9H,2-5H2,1H3/t7-,8+,9-/m0/s1. The molecule has 2 rings (SSSR count). The molecule has 1 aliphatic carbocycles. The molecule has 1 heterocycles. The molecular weight excluding hydrogens is 184 g/mol. The molecule has 0 unspecified atom stereocenters. The van der Waals surface area contributed by atoms with Crippen LogP contribution in [0.15, 0.2) is 0 Å². The van der Waals surface area contributed by atoms with Gasteiger partial charge in [0.15, 0.2) is 0 Å². The number of fused-ring (bicyclic) bond motifs is 1. The zero-order valence-corrected chi connectivity index (χ0v) is 8.19. The highest BCUT2D eigenvalue weighted by atomic mass is 16.6. The Bertz CT molecular complexity index is 261. The fourth-order valence-electron chi connectivity index (χ4n) is 2.40. The maximum atomic E-state index is 11.0. The SMILES string of the molecule is CC(=O)OC[C@@H]1CC[C@@H]2OC(=O)C[C@H]12. The minimum absolute atomic E-state index is 0.0862. The lowest BCUT2D eigenvalue weighted by Crippen LogP contribution is -2.19. The Labute approximate surface area is 82.6 Å². The molecule has 0 N–H and O–H groups in total. The van der Waals surface area contributed by atoms with Gasteiger partial charge >= 0.3 is 11.9 Å². The van der Waals surface area contributed by atoms with Crippen LogP contribution in [0.3, 0.4) is 0 Å². The van der Waals surface area contributed by atoms with Crippen LogP contribution in [0, 0.1) is 11.8 Å². The van der Waals surface area contributed by atoms with Crippen molar-refractivity contribution >= 4 is 11.9 Å². The zero-order valence-electron chi connectivity index (χ0n) is 8.19. The van der Waals surface area contributed by atoms with Crippen molar-refractivity contribution in [2.45, 2.75) is 32.3 Å². The quantitative estimate of drug-likeness (QED) is 0.618. The summed E-state index contributed by atoms with van der Waals surface area (Å²) in [6.07, 6.45) is 2.50. The molecule has 4 nitrogen and oxygen atoms in total. The van der Waals surface area contributed by atoms with E-state index in [1.54, 1.807) is 0 Å². The third-order valence-corrected chi connectivity index (χ3v) is 3.09. The second kappa shape index (κ2) is 3.59. The van der Waals surface area contributed by atoms with E-state index in [1.807, 2.05) is 0 Å². The van der Waals surface area contributed by atoms with Crippen molar-refractivity contribution in [1.29, 1.82) is 0 Å². The van der Waals surface area contributed by atoms with Crippen molar-refractivity contribution in [1.82, 2.24) is 0 Å². The molecule has 0 aromatic heterocycles. The van der Waals surface area contributed by atoms with Gasteiger partial charge in [0.25, 0.3) is 0 Å². The largest absolute Gasteiger partial charge is 0.466 e. The molecule has 0 aromatic carbocycles. The summed E-state index contributed by atoms with van der Waals surface area (Å²) in [4.78, 5) is 21.6. The summed E-state index contributed by atoms with van der Waals surface area (Å²) in [5.74, 6) is 0.239. The van der Waals surface area contributed by atoms with Gasteiger partial charge in [-0.1, -0.05) is 0 Å². The topological polar surface area (TPSA) is 52.6 Å². The van der Waals surface area contributed by atoms with E-state index >= 15 is 0 Å². The summed E-state index contributed by atoms with van der Waals surface area (Å²) in [7, 11) is 0. The van der Waals surface area contributed by atoms with Crippen molar-refractivity contribution in [3.8, 4) is 0 Å². The molecule has 2 aliphatic rings. The summed E-state index contributed by atoms with van der Waals surface area (Å²) in [5, 5.41) is 0. The Kier molecular flexibility index (Phi) is 2.44. The van der Waals surface area contributed by atoms with Crippen LogP contribution < -0.4 is 0 Å². The van der Waals surface area contributed by atoms with E-state index in [1.165, 1.54) is 6.92 Å². The highest BCUT2D eigenvalue weighted by molar-refractivity contribution is 5.72. The summed E-state index contributed by atoms with van der Waals surface area (Å²) in [6.45, 7) is 1.84. The minimum Gasteiger partial charge on any atom is -0.466 e. The van der Waals surface area contributed by atoms with E-state index in [0.717, 1.165) is 12.8 Å². The molecule has 3 atom stereocenters. The van der Waals surface area contributed by atoms with E-state index in [-0.39, 0.29) is 24.0 Å². The zero-order chi connectivity index (χ0) is 10.1. The normalized spacial score (nSPS) is 35.2. The van der Waals surface area contributed by atoms with Crippen molar-refractivity contribution in [3.63, 3.8) is 0 Å². The van der Waals surface area contributed by atoms with Gasteiger partial charge in [0.05, 0.1) is 13.0 Å². The van der Waals surface area contributed by atoms with Gasteiger partial charge in [0, 0.05) is 18.8 Å². The van der Waals surface area contributed by atoms with Crippen molar-refractivity contribution in [2.75, 3.05) is 6.61 Å². The first-order chi connectivity index (χ1) is 6.66. The van der Waals surface area contributed by atoms with E-state index in [2.05, 4.69) is 0 Å². The Hall–Kier alpha value is -1.06. The molecule has 0 bridgehead atoms. The molecule has 1 saturated carbocycles. The lowest BCUT2D eigenvalue weighted by Gasteiger charge is -2.14. The highest BCUT2D eigenvalue weighted by Gasteiger charge is 2.44. The molecule has 0 radical (unpaired) electrons. The number of hydrogen-bond donors (Lipinski definition) is 0. The number of carbonyl (C=O) groups is 2. The van der Waals surface area contributed by atoms with Gasteiger partial charge in [-0.25, -0.2) is 0 Å². The molecular formula is C10H14O4.